The fraction of sp³-hybridized carbons (Fsp3) is 1.00. The van der Waals surface area contributed by atoms with E-state index in [1.165, 1.54) is 0 Å². The topological polar surface area (TPSA) is 47.3 Å². The molecule has 0 bridgehead atoms. The predicted octanol–water partition coefficient (Wildman–Crippen LogP) is 0.986. The number of nitrogens with one attached hydrogen (secondary N) is 1. The van der Waals surface area contributed by atoms with E-state index >= 15 is 0 Å². The summed E-state index contributed by atoms with van der Waals surface area (Å²) in [5, 5.41) is 3.48. The molecule has 1 aliphatic heterocycles. The minimum absolute atomic E-state index is 0.116. The van der Waals surface area contributed by atoms with Crippen LogP contribution in [0.15, 0.2) is 0 Å². The van der Waals surface area contributed by atoms with E-state index in [0.29, 0.717) is 12.0 Å². The highest BCUT2D eigenvalue weighted by molar-refractivity contribution is 4.91. The molecule has 2 unspecified atom stereocenters. The van der Waals surface area contributed by atoms with Crippen LogP contribution < -0.4 is 11.1 Å². The second-order valence-electron chi connectivity index (χ2n) is 5.94. The summed E-state index contributed by atoms with van der Waals surface area (Å²) >= 11 is 0. The summed E-state index contributed by atoms with van der Waals surface area (Å²) in [5.41, 5.74) is 6.45. The third-order valence-corrected chi connectivity index (χ3v) is 2.81. The van der Waals surface area contributed by atoms with E-state index in [2.05, 4.69) is 33.0 Å². The molecule has 0 aliphatic carbocycles. The van der Waals surface area contributed by atoms with Crippen LogP contribution in [0.25, 0.3) is 0 Å². The van der Waals surface area contributed by atoms with Gasteiger partial charge in [0.2, 0.25) is 0 Å². The Labute approximate surface area is 87.4 Å². The zero-order valence-electron chi connectivity index (χ0n) is 9.89. The van der Waals surface area contributed by atoms with Crippen LogP contribution in [0.4, 0.5) is 0 Å². The highest BCUT2D eigenvalue weighted by Gasteiger charge is 2.37. The SMILES string of the molecule is CC(C)(C)CNCC1(C)COCC1N. The zero-order valence-corrected chi connectivity index (χ0v) is 9.89. The minimum atomic E-state index is 0.116. The van der Waals surface area contributed by atoms with E-state index in [-0.39, 0.29) is 11.5 Å². The molecule has 0 aromatic heterocycles. The quantitative estimate of drug-likeness (QED) is 0.714. The maximum atomic E-state index is 6.00. The first-order valence-corrected chi connectivity index (χ1v) is 5.38. The van der Waals surface area contributed by atoms with Crippen molar-refractivity contribution in [1.29, 1.82) is 0 Å². The number of nitrogens with two attached hydrogens (primary N) is 1. The van der Waals surface area contributed by atoms with Crippen LogP contribution in [0.1, 0.15) is 27.7 Å². The Morgan fingerprint density at radius 1 is 1.50 bits per heavy atom. The zero-order chi connectivity index (χ0) is 10.8. The lowest BCUT2D eigenvalue weighted by atomic mass is 9.85. The largest absolute Gasteiger partial charge is 0.379 e. The molecule has 1 saturated heterocycles. The molecule has 0 radical (unpaired) electrons. The van der Waals surface area contributed by atoms with Crippen LogP contribution in [-0.2, 0) is 4.74 Å². The van der Waals surface area contributed by atoms with Gasteiger partial charge < -0.3 is 15.8 Å². The van der Waals surface area contributed by atoms with Gasteiger partial charge in [0.05, 0.1) is 13.2 Å². The van der Waals surface area contributed by atoms with Crippen molar-refractivity contribution in [3.8, 4) is 0 Å². The van der Waals surface area contributed by atoms with Crippen LogP contribution in [-0.4, -0.2) is 32.3 Å². The number of rotatable bonds is 3. The summed E-state index contributed by atoms with van der Waals surface area (Å²) < 4.78 is 5.39. The Bertz CT molecular complexity index is 188. The molecule has 3 nitrogen and oxygen atoms in total. The van der Waals surface area contributed by atoms with Gasteiger partial charge in [-0.15, -0.1) is 0 Å². The lowest BCUT2D eigenvalue weighted by Crippen LogP contribution is -2.46. The molecule has 0 saturated carbocycles. The van der Waals surface area contributed by atoms with E-state index in [1.54, 1.807) is 0 Å². The molecule has 0 amide bonds. The van der Waals surface area contributed by atoms with Crippen molar-refractivity contribution in [3.05, 3.63) is 0 Å². The summed E-state index contributed by atoms with van der Waals surface area (Å²) in [7, 11) is 0. The summed E-state index contributed by atoms with van der Waals surface area (Å²) in [6, 6.07) is 0.176. The molecule has 0 aromatic rings. The maximum Gasteiger partial charge on any atom is 0.0624 e. The van der Waals surface area contributed by atoms with Crippen LogP contribution in [0.3, 0.4) is 0 Å². The summed E-state index contributed by atoms with van der Waals surface area (Å²) in [6.45, 7) is 12.3. The summed E-state index contributed by atoms with van der Waals surface area (Å²) in [5.74, 6) is 0. The fourth-order valence-electron chi connectivity index (χ4n) is 1.63. The van der Waals surface area contributed by atoms with Gasteiger partial charge in [-0.25, -0.2) is 0 Å². The minimum Gasteiger partial charge on any atom is -0.379 e. The molecule has 0 spiro atoms. The third-order valence-electron chi connectivity index (χ3n) is 2.81. The molecule has 2 atom stereocenters. The Morgan fingerprint density at radius 2 is 2.14 bits per heavy atom. The molecule has 3 heteroatoms. The standard InChI is InChI=1S/C11H24N2O/c1-10(2,3)6-13-7-11(4)8-14-5-9(11)12/h9,13H,5-8,12H2,1-4H3. The maximum absolute atomic E-state index is 6.00. The van der Waals surface area contributed by atoms with E-state index in [4.69, 9.17) is 10.5 Å². The van der Waals surface area contributed by atoms with Gasteiger partial charge in [0, 0.05) is 24.5 Å². The van der Waals surface area contributed by atoms with E-state index in [1.807, 2.05) is 0 Å². The lowest BCUT2D eigenvalue weighted by molar-refractivity contribution is 0.156. The lowest BCUT2D eigenvalue weighted by Gasteiger charge is -2.29. The van der Waals surface area contributed by atoms with Gasteiger partial charge in [-0.2, -0.15) is 0 Å². The van der Waals surface area contributed by atoms with Gasteiger partial charge in [-0.3, -0.25) is 0 Å². The van der Waals surface area contributed by atoms with E-state index < -0.39 is 0 Å². The highest BCUT2D eigenvalue weighted by atomic mass is 16.5. The van der Waals surface area contributed by atoms with Crippen LogP contribution >= 0.6 is 0 Å². The smallest absolute Gasteiger partial charge is 0.0624 e. The number of ether oxygens (including phenoxy) is 1. The van der Waals surface area contributed by atoms with Crippen molar-refractivity contribution < 1.29 is 4.74 Å². The van der Waals surface area contributed by atoms with Gasteiger partial charge in [0.25, 0.3) is 0 Å². The van der Waals surface area contributed by atoms with Gasteiger partial charge >= 0.3 is 0 Å². The average molecular weight is 200 g/mol. The average Bonchev–Trinajstić information content (AvgIpc) is 2.30. The Hall–Kier alpha value is -0.120. The molecule has 1 heterocycles. The monoisotopic (exact) mass is 200 g/mol. The second kappa shape index (κ2) is 4.17. The summed E-state index contributed by atoms with van der Waals surface area (Å²) in [4.78, 5) is 0. The van der Waals surface area contributed by atoms with Gasteiger partial charge in [-0.1, -0.05) is 27.7 Å². The van der Waals surface area contributed by atoms with E-state index in [9.17, 15) is 0 Å². The molecular weight excluding hydrogens is 176 g/mol. The van der Waals surface area contributed by atoms with Crippen molar-refractivity contribution in [1.82, 2.24) is 5.32 Å². The van der Waals surface area contributed by atoms with Crippen molar-refractivity contribution >= 4 is 0 Å². The van der Waals surface area contributed by atoms with Gasteiger partial charge in [0.15, 0.2) is 0 Å². The molecule has 1 rings (SSSR count). The van der Waals surface area contributed by atoms with Gasteiger partial charge in [0.1, 0.15) is 0 Å². The first-order chi connectivity index (χ1) is 6.33. The summed E-state index contributed by atoms with van der Waals surface area (Å²) in [6.07, 6.45) is 0. The Balaban J connectivity index is 2.30. The molecule has 1 aliphatic rings. The molecule has 1 fully saturated rings. The second-order valence-corrected chi connectivity index (χ2v) is 5.94. The van der Waals surface area contributed by atoms with Crippen molar-refractivity contribution in [2.24, 2.45) is 16.6 Å². The Kier molecular flexibility index (Phi) is 3.56. The van der Waals surface area contributed by atoms with Gasteiger partial charge in [-0.05, 0) is 5.41 Å². The van der Waals surface area contributed by atoms with Crippen molar-refractivity contribution in [2.75, 3.05) is 26.3 Å². The number of hydrogen-bond donors (Lipinski definition) is 2. The third kappa shape index (κ3) is 3.23. The fourth-order valence-corrected chi connectivity index (χ4v) is 1.63. The predicted molar refractivity (Wildman–Crippen MR) is 59.2 cm³/mol. The van der Waals surface area contributed by atoms with Crippen LogP contribution in [0, 0.1) is 10.8 Å². The van der Waals surface area contributed by atoms with Crippen molar-refractivity contribution in [3.63, 3.8) is 0 Å². The molecule has 3 N–H and O–H groups in total. The van der Waals surface area contributed by atoms with Crippen LogP contribution in [0.5, 0.6) is 0 Å². The van der Waals surface area contributed by atoms with E-state index in [0.717, 1.165) is 19.7 Å². The first-order valence-electron chi connectivity index (χ1n) is 5.38. The van der Waals surface area contributed by atoms with Crippen LogP contribution in [0.2, 0.25) is 0 Å². The molecule has 84 valence electrons. The number of hydrogen-bond acceptors (Lipinski definition) is 3. The molecular formula is C11H24N2O. The van der Waals surface area contributed by atoms with Crippen molar-refractivity contribution in [2.45, 2.75) is 33.7 Å². The Morgan fingerprint density at radius 3 is 2.57 bits per heavy atom. The molecule has 0 aromatic carbocycles. The molecule has 14 heavy (non-hydrogen) atoms. The first kappa shape index (κ1) is 12.0. The normalized spacial score (nSPS) is 33.6. The highest BCUT2D eigenvalue weighted by Crippen LogP contribution is 2.26.